The highest BCUT2D eigenvalue weighted by Crippen LogP contribution is 2.39. The van der Waals surface area contributed by atoms with Gasteiger partial charge in [-0.3, -0.25) is 4.79 Å². The van der Waals surface area contributed by atoms with E-state index in [2.05, 4.69) is 0 Å². The number of aliphatic carboxylic acids is 1. The number of amides is 1. The van der Waals surface area contributed by atoms with Crippen LogP contribution in [0.25, 0.3) is 0 Å². The fourth-order valence-electron chi connectivity index (χ4n) is 2.35. The minimum atomic E-state index is -1.90. The Hall–Kier alpha value is -1.59. The fourth-order valence-corrected chi connectivity index (χ4v) is 2.35. The maximum atomic E-state index is 11.9. The zero-order valence-electron chi connectivity index (χ0n) is 10.4. The summed E-state index contributed by atoms with van der Waals surface area (Å²) in [6, 6.07) is 0. The summed E-state index contributed by atoms with van der Waals surface area (Å²) >= 11 is 0. The molecule has 3 unspecified atom stereocenters. The van der Waals surface area contributed by atoms with Gasteiger partial charge in [-0.25, -0.2) is 9.59 Å². The molecule has 0 aliphatic carbocycles. The number of carboxylic acids is 1. The molecule has 0 aromatic carbocycles. The second kappa shape index (κ2) is 4.35. The van der Waals surface area contributed by atoms with E-state index < -0.39 is 29.3 Å². The van der Waals surface area contributed by atoms with Crippen LogP contribution in [0.3, 0.4) is 0 Å². The van der Waals surface area contributed by atoms with Gasteiger partial charge in [-0.2, -0.15) is 0 Å². The quantitative estimate of drug-likeness (QED) is 0.562. The molecule has 0 radical (unpaired) electrons. The molecule has 0 aromatic heterocycles. The molecule has 17 heavy (non-hydrogen) atoms. The summed E-state index contributed by atoms with van der Waals surface area (Å²) in [4.78, 5) is 36.2. The van der Waals surface area contributed by atoms with Gasteiger partial charge in [0, 0.05) is 18.9 Å². The Morgan fingerprint density at radius 3 is 2.29 bits per heavy atom. The predicted molar refractivity (Wildman–Crippen MR) is 58.1 cm³/mol. The third kappa shape index (κ3) is 1.59. The Morgan fingerprint density at radius 2 is 2.00 bits per heavy atom. The second-order valence-electron chi connectivity index (χ2n) is 4.27. The lowest BCUT2D eigenvalue weighted by molar-refractivity contribution is -0.173. The van der Waals surface area contributed by atoms with Gasteiger partial charge in [0.05, 0.1) is 6.61 Å². The molecule has 1 aliphatic rings. The van der Waals surface area contributed by atoms with E-state index in [1.165, 1.54) is 7.05 Å². The number of likely N-dealkylation sites (N-methyl/N-ethyl adjacent to an activating group) is 1. The number of hydrogen-bond donors (Lipinski definition) is 1. The predicted octanol–water partition coefficient (Wildman–Crippen LogP) is 0.117. The van der Waals surface area contributed by atoms with E-state index in [-0.39, 0.29) is 12.5 Å². The largest absolute Gasteiger partial charge is 0.479 e. The summed E-state index contributed by atoms with van der Waals surface area (Å²) in [5.41, 5.74) is -1.90. The number of nitrogens with zero attached hydrogens (tertiary/aromatic N) is 1. The molecule has 96 valence electrons. The van der Waals surface area contributed by atoms with Crippen LogP contribution in [-0.2, 0) is 19.1 Å². The SMILES string of the molecule is CCOC(=O)C1(C(=O)O)C(C)C(C)C(=O)N1C. The molecule has 0 aromatic rings. The highest BCUT2D eigenvalue weighted by molar-refractivity contribution is 6.10. The van der Waals surface area contributed by atoms with Crippen LogP contribution in [0.5, 0.6) is 0 Å². The van der Waals surface area contributed by atoms with Crippen molar-refractivity contribution in [3.05, 3.63) is 0 Å². The van der Waals surface area contributed by atoms with Gasteiger partial charge in [0.1, 0.15) is 0 Å². The Balaban J connectivity index is 3.30. The molecule has 1 fully saturated rings. The summed E-state index contributed by atoms with van der Waals surface area (Å²) in [5.74, 6) is -3.71. The van der Waals surface area contributed by atoms with Crippen LogP contribution in [0.2, 0.25) is 0 Å². The van der Waals surface area contributed by atoms with Crippen molar-refractivity contribution in [2.24, 2.45) is 11.8 Å². The Bertz CT molecular complexity index is 367. The Kier molecular flexibility index (Phi) is 3.45. The van der Waals surface area contributed by atoms with E-state index in [0.29, 0.717) is 0 Å². The molecule has 1 N–H and O–H groups in total. The molecule has 0 spiro atoms. The van der Waals surface area contributed by atoms with Gasteiger partial charge in [0.2, 0.25) is 11.4 Å². The van der Waals surface area contributed by atoms with Gasteiger partial charge in [-0.15, -0.1) is 0 Å². The summed E-state index contributed by atoms with van der Waals surface area (Å²) < 4.78 is 4.81. The first kappa shape index (κ1) is 13.5. The minimum Gasteiger partial charge on any atom is -0.479 e. The lowest BCUT2D eigenvalue weighted by atomic mass is 9.81. The molecule has 6 nitrogen and oxygen atoms in total. The number of likely N-dealkylation sites (tertiary alicyclic amines) is 1. The van der Waals surface area contributed by atoms with E-state index >= 15 is 0 Å². The molecular weight excluding hydrogens is 226 g/mol. The molecule has 6 heteroatoms. The van der Waals surface area contributed by atoms with Crippen LogP contribution in [0.15, 0.2) is 0 Å². The van der Waals surface area contributed by atoms with Crippen LogP contribution < -0.4 is 0 Å². The van der Waals surface area contributed by atoms with Gasteiger partial charge >= 0.3 is 11.9 Å². The topological polar surface area (TPSA) is 83.9 Å². The number of carbonyl (C=O) groups excluding carboxylic acids is 2. The molecule has 1 aliphatic heterocycles. The minimum absolute atomic E-state index is 0.0804. The molecule has 1 heterocycles. The fraction of sp³-hybridized carbons (Fsp3) is 0.727. The number of rotatable bonds is 3. The number of ether oxygens (including phenoxy) is 1. The zero-order valence-corrected chi connectivity index (χ0v) is 10.4. The standard InChI is InChI=1S/C11H17NO5/c1-5-17-10(16)11(9(14)15)7(3)6(2)8(13)12(11)4/h6-7H,5H2,1-4H3,(H,14,15). The summed E-state index contributed by atoms with van der Waals surface area (Å²) in [7, 11) is 1.33. The third-order valence-corrected chi connectivity index (χ3v) is 3.57. The average molecular weight is 243 g/mol. The van der Waals surface area contributed by atoms with Crippen LogP contribution in [0, 0.1) is 11.8 Å². The normalized spacial score (nSPS) is 32.7. The summed E-state index contributed by atoms with van der Waals surface area (Å²) in [5, 5.41) is 9.34. The van der Waals surface area contributed by atoms with Gasteiger partial charge in [0.25, 0.3) is 0 Å². The Labute approximate surface area is 99.5 Å². The first-order valence-electron chi connectivity index (χ1n) is 5.50. The molecule has 1 saturated heterocycles. The van der Waals surface area contributed by atoms with Gasteiger partial charge in [-0.05, 0) is 6.92 Å². The number of esters is 1. The highest BCUT2D eigenvalue weighted by atomic mass is 16.5. The van der Waals surface area contributed by atoms with Crippen molar-refractivity contribution >= 4 is 17.8 Å². The molecule has 0 saturated carbocycles. The lowest BCUT2D eigenvalue weighted by Crippen LogP contribution is -2.59. The van der Waals surface area contributed by atoms with Crippen molar-refractivity contribution in [3.63, 3.8) is 0 Å². The van der Waals surface area contributed by atoms with Crippen molar-refractivity contribution in [2.45, 2.75) is 26.3 Å². The van der Waals surface area contributed by atoms with Crippen molar-refractivity contribution in [3.8, 4) is 0 Å². The third-order valence-electron chi connectivity index (χ3n) is 3.57. The van der Waals surface area contributed by atoms with E-state index in [4.69, 9.17) is 4.74 Å². The van der Waals surface area contributed by atoms with Crippen LogP contribution in [-0.4, -0.2) is 47.0 Å². The van der Waals surface area contributed by atoms with Crippen molar-refractivity contribution in [2.75, 3.05) is 13.7 Å². The van der Waals surface area contributed by atoms with E-state index in [9.17, 15) is 19.5 Å². The van der Waals surface area contributed by atoms with E-state index in [1.54, 1.807) is 20.8 Å². The van der Waals surface area contributed by atoms with Crippen molar-refractivity contribution in [1.29, 1.82) is 0 Å². The first-order chi connectivity index (χ1) is 7.81. The molecule has 1 rings (SSSR count). The molecule has 3 atom stereocenters. The van der Waals surface area contributed by atoms with E-state index in [0.717, 1.165) is 4.90 Å². The number of hydrogen-bond acceptors (Lipinski definition) is 4. The van der Waals surface area contributed by atoms with Crippen molar-refractivity contribution in [1.82, 2.24) is 4.90 Å². The molecule has 1 amide bonds. The van der Waals surface area contributed by atoms with Gasteiger partial charge < -0.3 is 14.7 Å². The number of carbonyl (C=O) groups is 3. The smallest absolute Gasteiger partial charge is 0.344 e. The van der Waals surface area contributed by atoms with Gasteiger partial charge in [0.15, 0.2) is 0 Å². The van der Waals surface area contributed by atoms with Crippen LogP contribution >= 0.6 is 0 Å². The van der Waals surface area contributed by atoms with Gasteiger partial charge in [-0.1, -0.05) is 13.8 Å². The molecular formula is C11H17NO5. The maximum Gasteiger partial charge on any atom is 0.344 e. The molecule has 0 bridgehead atoms. The summed E-state index contributed by atoms with van der Waals surface area (Å²) in [6.07, 6.45) is 0. The van der Waals surface area contributed by atoms with Crippen molar-refractivity contribution < 1.29 is 24.2 Å². The first-order valence-corrected chi connectivity index (χ1v) is 5.50. The van der Waals surface area contributed by atoms with Crippen LogP contribution in [0.4, 0.5) is 0 Å². The highest BCUT2D eigenvalue weighted by Gasteiger charge is 2.64. The number of carboxylic acid groups (broad SMARTS) is 1. The monoisotopic (exact) mass is 243 g/mol. The van der Waals surface area contributed by atoms with E-state index in [1.807, 2.05) is 0 Å². The maximum absolute atomic E-state index is 11.9. The lowest BCUT2D eigenvalue weighted by Gasteiger charge is -2.32. The Morgan fingerprint density at radius 1 is 1.47 bits per heavy atom. The average Bonchev–Trinajstić information content (AvgIpc) is 2.42. The van der Waals surface area contributed by atoms with Crippen LogP contribution in [0.1, 0.15) is 20.8 Å². The second-order valence-corrected chi connectivity index (χ2v) is 4.27. The summed E-state index contributed by atoms with van der Waals surface area (Å²) in [6.45, 7) is 4.87. The zero-order chi connectivity index (χ0) is 13.4.